The predicted molar refractivity (Wildman–Crippen MR) is 57.1 cm³/mol. The van der Waals surface area contributed by atoms with Gasteiger partial charge in [0.2, 0.25) is 5.91 Å². The summed E-state index contributed by atoms with van der Waals surface area (Å²) in [4.78, 5) is 23.5. The Balaban J connectivity index is 4.62. The molecule has 4 N–H and O–H groups in total. The van der Waals surface area contributed by atoms with Crippen LogP contribution in [0, 0.1) is 0 Å². The molecule has 0 saturated carbocycles. The molecule has 0 aliphatic heterocycles. The van der Waals surface area contributed by atoms with Crippen molar-refractivity contribution >= 4 is 11.8 Å². The number of likely N-dealkylation sites (N-methyl/N-ethyl adjacent to an activating group) is 1. The van der Waals surface area contributed by atoms with Crippen molar-refractivity contribution in [2.24, 2.45) is 5.84 Å². The lowest BCUT2D eigenvalue weighted by Crippen LogP contribution is -2.34. The third-order valence-electron chi connectivity index (χ3n) is 1.47. The van der Waals surface area contributed by atoms with Crippen molar-refractivity contribution in [1.82, 2.24) is 15.6 Å². The van der Waals surface area contributed by atoms with Crippen LogP contribution in [0.1, 0.15) is 6.92 Å². The summed E-state index contributed by atoms with van der Waals surface area (Å²) >= 11 is 0. The van der Waals surface area contributed by atoms with Crippen LogP contribution in [0.25, 0.3) is 0 Å². The number of nitrogens with two attached hydrogens (primary N) is 1. The minimum absolute atomic E-state index is 0.224. The number of hydrazine groups is 1. The molecule has 0 aromatic heterocycles. The largest absolute Gasteiger partial charge is 0.345 e. The van der Waals surface area contributed by atoms with Crippen LogP contribution in [0.5, 0.6) is 0 Å². The number of nitrogens with one attached hydrogen (secondary N) is 2. The standard InChI is InChI=1S/C9H16N4O2/c1-6(9(15)13(3)4)5-8(12-10)11-7(2)14/h5,12H,1,10H2,2-4H3,(H,11,14)/b8-5-. The van der Waals surface area contributed by atoms with E-state index in [1.54, 1.807) is 14.1 Å². The number of amides is 2. The molecule has 0 aromatic carbocycles. The van der Waals surface area contributed by atoms with E-state index < -0.39 is 0 Å². The number of hydrogen-bond donors (Lipinski definition) is 3. The zero-order valence-corrected chi connectivity index (χ0v) is 9.13. The second-order valence-electron chi connectivity index (χ2n) is 3.11. The van der Waals surface area contributed by atoms with Gasteiger partial charge in [-0.3, -0.25) is 9.59 Å². The van der Waals surface area contributed by atoms with E-state index in [1.807, 2.05) is 0 Å². The Morgan fingerprint density at radius 2 is 1.93 bits per heavy atom. The summed E-state index contributed by atoms with van der Waals surface area (Å²) in [5.41, 5.74) is 2.48. The Morgan fingerprint density at radius 3 is 2.27 bits per heavy atom. The lowest BCUT2D eigenvalue weighted by molar-refractivity contribution is -0.124. The Labute approximate surface area is 88.8 Å². The minimum Gasteiger partial charge on any atom is -0.345 e. The molecule has 84 valence electrons. The van der Waals surface area contributed by atoms with Gasteiger partial charge in [-0.1, -0.05) is 6.58 Å². The second kappa shape index (κ2) is 5.82. The first kappa shape index (κ1) is 13.2. The van der Waals surface area contributed by atoms with E-state index in [2.05, 4.69) is 17.3 Å². The van der Waals surface area contributed by atoms with E-state index in [4.69, 9.17) is 5.84 Å². The van der Waals surface area contributed by atoms with Gasteiger partial charge in [-0.2, -0.15) is 0 Å². The van der Waals surface area contributed by atoms with E-state index >= 15 is 0 Å². The normalized spacial score (nSPS) is 10.5. The molecule has 6 nitrogen and oxygen atoms in total. The quantitative estimate of drug-likeness (QED) is 0.243. The highest BCUT2D eigenvalue weighted by atomic mass is 16.2. The van der Waals surface area contributed by atoms with Crippen LogP contribution in [0.15, 0.2) is 24.0 Å². The fraction of sp³-hybridized carbons (Fsp3) is 0.333. The zero-order valence-electron chi connectivity index (χ0n) is 9.13. The average Bonchev–Trinajstić information content (AvgIpc) is 2.14. The molecule has 0 radical (unpaired) electrons. The fourth-order valence-electron chi connectivity index (χ4n) is 0.827. The van der Waals surface area contributed by atoms with E-state index in [-0.39, 0.29) is 23.2 Å². The highest BCUT2D eigenvalue weighted by molar-refractivity contribution is 5.95. The number of rotatable bonds is 4. The van der Waals surface area contributed by atoms with Crippen molar-refractivity contribution in [3.63, 3.8) is 0 Å². The Hall–Kier alpha value is -1.82. The lowest BCUT2D eigenvalue weighted by Gasteiger charge is -2.11. The number of carbonyl (C=O) groups is 2. The van der Waals surface area contributed by atoms with Crippen molar-refractivity contribution in [2.75, 3.05) is 14.1 Å². The van der Waals surface area contributed by atoms with E-state index in [0.717, 1.165) is 0 Å². The Bertz CT molecular complexity index is 307. The summed E-state index contributed by atoms with van der Waals surface area (Å²) in [6.45, 7) is 4.89. The van der Waals surface area contributed by atoms with Crippen molar-refractivity contribution in [1.29, 1.82) is 0 Å². The maximum Gasteiger partial charge on any atom is 0.252 e. The molecule has 0 heterocycles. The van der Waals surface area contributed by atoms with Gasteiger partial charge in [0.15, 0.2) is 0 Å². The highest BCUT2D eigenvalue weighted by Gasteiger charge is 2.08. The Kier molecular flexibility index (Phi) is 5.11. The van der Waals surface area contributed by atoms with Gasteiger partial charge >= 0.3 is 0 Å². The molecule has 6 heteroatoms. The molecule has 15 heavy (non-hydrogen) atoms. The third kappa shape index (κ3) is 4.82. The summed E-state index contributed by atoms with van der Waals surface area (Å²) in [5, 5.41) is 2.41. The van der Waals surface area contributed by atoms with Gasteiger partial charge in [-0.25, -0.2) is 5.84 Å². The van der Waals surface area contributed by atoms with E-state index in [0.29, 0.717) is 0 Å². The topological polar surface area (TPSA) is 87.5 Å². The molecule has 0 aliphatic rings. The van der Waals surface area contributed by atoms with Crippen LogP contribution in [-0.2, 0) is 9.59 Å². The first-order valence-corrected chi connectivity index (χ1v) is 4.25. The van der Waals surface area contributed by atoms with Crippen LogP contribution in [-0.4, -0.2) is 30.8 Å². The van der Waals surface area contributed by atoms with Crippen molar-refractivity contribution < 1.29 is 9.59 Å². The van der Waals surface area contributed by atoms with Crippen LogP contribution < -0.4 is 16.6 Å². The van der Waals surface area contributed by atoms with E-state index in [1.165, 1.54) is 17.9 Å². The zero-order chi connectivity index (χ0) is 12.0. The smallest absolute Gasteiger partial charge is 0.252 e. The van der Waals surface area contributed by atoms with Gasteiger partial charge in [0.05, 0.1) is 0 Å². The van der Waals surface area contributed by atoms with Crippen molar-refractivity contribution in [2.45, 2.75) is 6.92 Å². The van der Waals surface area contributed by atoms with Crippen LogP contribution in [0.4, 0.5) is 0 Å². The van der Waals surface area contributed by atoms with Crippen LogP contribution >= 0.6 is 0 Å². The SMILES string of the molecule is C=C(/C=C(\NN)NC(C)=O)C(=O)N(C)C. The van der Waals surface area contributed by atoms with Gasteiger partial charge < -0.3 is 15.6 Å². The summed E-state index contributed by atoms with van der Waals surface area (Å²) in [7, 11) is 3.21. The van der Waals surface area contributed by atoms with Gasteiger partial charge in [0.1, 0.15) is 5.82 Å². The first-order valence-electron chi connectivity index (χ1n) is 4.25. The molecule has 0 aliphatic carbocycles. The molecular weight excluding hydrogens is 196 g/mol. The lowest BCUT2D eigenvalue weighted by atomic mass is 10.2. The number of hydrogen-bond acceptors (Lipinski definition) is 4. The van der Waals surface area contributed by atoms with Crippen LogP contribution in [0.3, 0.4) is 0 Å². The molecule has 0 fully saturated rings. The van der Waals surface area contributed by atoms with Gasteiger partial charge in [0, 0.05) is 26.6 Å². The maximum absolute atomic E-state index is 11.4. The molecule has 2 amide bonds. The van der Waals surface area contributed by atoms with Crippen LogP contribution in [0.2, 0.25) is 0 Å². The first-order chi connectivity index (χ1) is 6.88. The second-order valence-corrected chi connectivity index (χ2v) is 3.11. The van der Waals surface area contributed by atoms with E-state index in [9.17, 15) is 9.59 Å². The predicted octanol–water partition coefficient (Wildman–Crippen LogP) is -0.928. The fourth-order valence-corrected chi connectivity index (χ4v) is 0.827. The molecule has 0 saturated heterocycles. The summed E-state index contributed by atoms with van der Waals surface area (Å²) < 4.78 is 0. The Morgan fingerprint density at radius 1 is 1.40 bits per heavy atom. The van der Waals surface area contributed by atoms with Crippen molar-refractivity contribution in [3.05, 3.63) is 24.0 Å². The summed E-state index contributed by atoms with van der Waals surface area (Å²) in [6.07, 6.45) is 1.36. The monoisotopic (exact) mass is 212 g/mol. The summed E-state index contributed by atoms with van der Waals surface area (Å²) in [6, 6.07) is 0. The minimum atomic E-state index is -0.288. The number of nitrogens with zero attached hydrogens (tertiary/aromatic N) is 1. The third-order valence-corrected chi connectivity index (χ3v) is 1.47. The molecule has 0 atom stereocenters. The molecule has 0 rings (SSSR count). The molecule has 0 unspecified atom stereocenters. The van der Waals surface area contributed by atoms with Crippen molar-refractivity contribution in [3.8, 4) is 0 Å². The summed E-state index contributed by atoms with van der Waals surface area (Å²) in [5.74, 6) is 4.83. The highest BCUT2D eigenvalue weighted by Crippen LogP contribution is 1.99. The number of carbonyl (C=O) groups excluding carboxylic acids is 2. The van der Waals surface area contributed by atoms with Gasteiger partial charge in [-0.05, 0) is 6.08 Å². The molecule has 0 spiro atoms. The molecule has 0 bridgehead atoms. The molecular formula is C9H16N4O2. The molecule has 0 aromatic rings. The average molecular weight is 212 g/mol. The van der Waals surface area contributed by atoms with Gasteiger partial charge in [-0.15, -0.1) is 0 Å². The van der Waals surface area contributed by atoms with Gasteiger partial charge in [0.25, 0.3) is 5.91 Å². The maximum atomic E-state index is 11.4.